The van der Waals surface area contributed by atoms with Crippen LogP contribution < -0.4 is 9.64 Å². The average molecular weight is 441 g/mol. The summed E-state index contributed by atoms with van der Waals surface area (Å²) in [4.78, 5) is 17.8. The van der Waals surface area contributed by atoms with Gasteiger partial charge in [0.1, 0.15) is 11.9 Å². The Morgan fingerprint density at radius 3 is 2.56 bits per heavy atom. The molecule has 32 heavy (non-hydrogen) atoms. The molecule has 0 bridgehead atoms. The van der Waals surface area contributed by atoms with Crippen molar-refractivity contribution >= 4 is 11.7 Å². The lowest BCUT2D eigenvalue weighted by atomic mass is 9.53. The maximum atomic E-state index is 12.9. The highest BCUT2D eigenvalue weighted by Gasteiger charge is 2.65. The average Bonchev–Trinajstić information content (AvgIpc) is 3.51. The molecular formula is C26H36N2O4. The molecule has 0 radical (unpaired) electrons. The molecule has 2 aliphatic carbocycles. The molecule has 3 aliphatic heterocycles. The van der Waals surface area contributed by atoms with Crippen molar-refractivity contribution in [2.24, 2.45) is 23.2 Å². The van der Waals surface area contributed by atoms with Crippen molar-refractivity contribution in [1.29, 1.82) is 0 Å². The quantitative estimate of drug-likeness (QED) is 0.529. The van der Waals surface area contributed by atoms with E-state index in [1.807, 2.05) is 12.1 Å². The maximum absolute atomic E-state index is 12.9. The summed E-state index contributed by atoms with van der Waals surface area (Å²) in [5.41, 5.74) is 1.64. The van der Waals surface area contributed by atoms with E-state index in [9.17, 15) is 4.79 Å². The molecule has 1 aromatic carbocycles. The normalized spacial score (nSPS) is 41.2. The van der Waals surface area contributed by atoms with Crippen LogP contribution in [-0.4, -0.2) is 69.0 Å². The Bertz CT molecular complexity index is 861. The van der Waals surface area contributed by atoms with Gasteiger partial charge in [0.2, 0.25) is 0 Å². The Balaban J connectivity index is 1.10. The Hall–Kier alpha value is -1.79. The third-order valence-corrected chi connectivity index (χ3v) is 9.34. The SMILES string of the molecule is COc1ccc(N2CCN(CC3C(=O)O[C@@H]4C[C@@]5(C)CCC[C@]6(CO6)C5C[C@H]34)CC2)cc1. The van der Waals surface area contributed by atoms with Gasteiger partial charge < -0.3 is 19.1 Å². The van der Waals surface area contributed by atoms with Gasteiger partial charge in [-0.2, -0.15) is 0 Å². The van der Waals surface area contributed by atoms with E-state index in [0.717, 1.165) is 57.9 Å². The molecule has 6 atom stereocenters. The summed E-state index contributed by atoms with van der Waals surface area (Å²) in [6.45, 7) is 8.14. The molecule has 0 aromatic heterocycles. The molecule has 6 rings (SSSR count). The predicted molar refractivity (Wildman–Crippen MR) is 122 cm³/mol. The molecule has 2 unspecified atom stereocenters. The van der Waals surface area contributed by atoms with Crippen LogP contribution in [0.2, 0.25) is 0 Å². The van der Waals surface area contributed by atoms with Crippen molar-refractivity contribution in [3.8, 4) is 5.75 Å². The fourth-order valence-electron chi connectivity index (χ4n) is 7.43. The van der Waals surface area contributed by atoms with Gasteiger partial charge in [-0.15, -0.1) is 0 Å². The Morgan fingerprint density at radius 1 is 1.12 bits per heavy atom. The van der Waals surface area contributed by atoms with Crippen LogP contribution in [0.1, 0.15) is 39.0 Å². The number of esters is 1. The Labute approximate surface area is 191 Å². The molecule has 174 valence electrons. The van der Waals surface area contributed by atoms with E-state index in [1.54, 1.807) is 7.11 Å². The lowest BCUT2D eigenvalue weighted by Crippen LogP contribution is -2.52. The van der Waals surface area contributed by atoms with E-state index in [1.165, 1.54) is 24.9 Å². The predicted octanol–water partition coefficient (Wildman–Crippen LogP) is 3.34. The topological polar surface area (TPSA) is 54.5 Å². The van der Waals surface area contributed by atoms with Gasteiger partial charge in [0.15, 0.2) is 0 Å². The summed E-state index contributed by atoms with van der Waals surface area (Å²) in [6, 6.07) is 8.31. The smallest absolute Gasteiger partial charge is 0.310 e. The number of hydrogen-bond acceptors (Lipinski definition) is 6. The van der Waals surface area contributed by atoms with Gasteiger partial charge in [-0.3, -0.25) is 9.69 Å². The second kappa shape index (κ2) is 7.63. The molecule has 3 saturated heterocycles. The minimum atomic E-state index is 0.0230. The first-order valence-electron chi connectivity index (χ1n) is 12.5. The molecule has 5 fully saturated rings. The molecular weight excluding hydrogens is 404 g/mol. The van der Waals surface area contributed by atoms with Crippen LogP contribution in [0.25, 0.3) is 0 Å². The molecule has 3 heterocycles. The number of ether oxygens (including phenoxy) is 3. The first-order valence-corrected chi connectivity index (χ1v) is 12.5. The van der Waals surface area contributed by atoms with Crippen molar-refractivity contribution in [1.82, 2.24) is 4.90 Å². The van der Waals surface area contributed by atoms with E-state index in [-0.39, 0.29) is 29.0 Å². The van der Waals surface area contributed by atoms with Crippen LogP contribution in [0.3, 0.4) is 0 Å². The van der Waals surface area contributed by atoms with Gasteiger partial charge in [0, 0.05) is 44.3 Å². The summed E-state index contributed by atoms with van der Waals surface area (Å²) in [6.07, 6.45) is 5.95. The fraction of sp³-hybridized carbons (Fsp3) is 0.731. The Kier molecular flexibility index (Phi) is 4.95. The van der Waals surface area contributed by atoms with E-state index in [2.05, 4.69) is 28.9 Å². The zero-order chi connectivity index (χ0) is 21.9. The van der Waals surface area contributed by atoms with Gasteiger partial charge >= 0.3 is 5.97 Å². The summed E-state index contributed by atoms with van der Waals surface area (Å²) in [5.74, 6) is 1.91. The third-order valence-electron chi connectivity index (χ3n) is 9.34. The van der Waals surface area contributed by atoms with Crippen LogP contribution >= 0.6 is 0 Å². The van der Waals surface area contributed by atoms with Gasteiger partial charge in [0.05, 0.1) is 25.2 Å². The highest BCUT2D eigenvalue weighted by Crippen LogP contribution is 2.62. The number of hydrogen-bond donors (Lipinski definition) is 0. The van der Waals surface area contributed by atoms with Crippen molar-refractivity contribution in [3.05, 3.63) is 24.3 Å². The molecule has 6 heteroatoms. The van der Waals surface area contributed by atoms with Crippen LogP contribution in [-0.2, 0) is 14.3 Å². The van der Waals surface area contributed by atoms with Crippen LogP contribution in [0.5, 0.6) is 5.75 Å². The third kappa shape index (κ3) is 3.41. The summed E-state index contributed by atoms with van der Waals surface area (Å²) >= 11 is 0. The zero-order valence-electron chi connectivity index (χ0n) is 19.4. The largest absolute Gasteiger partial charge is 0.497 e. The lowest BCUT2D eigenvalue weighted by molar-refractivity contribution is -0.147. The molecule has 6 nitrogen and oxygen atoms in total. The monoisotopic (exact) mass is 440 g/mol. The van der Waals surface area contributed by atoms with Gasteiger partial charge in [-0.25, -0.2) is 0 Å². The maximum Gasteiger partial charge on any atom is 0.310 e. The molecule has 0 amide bonds. The number of anilines is 1. The van der Waals surface area contributed by atoms with Gasteiger partial charge in [0.25, 0.3) is 0 Å². The van der Waals surface area contributed by atoms with Crippen molar-refractivity contribution in [2.45, 2.75) is 50.7 Å². The molecule has 1 aromatic rings. The van der Waals surface area contributed by atoms with Crippen LogP contribution in [0.4, 0.5) is 5.69 Å². The lowest BCUT2D eigenvalue weighted by Gasteiger charge is -2.51. The number of methoxy groups -OCH3 is 1. The van der Waals surface area contributed by atoms with Gasteiger partial charge in [-0.1, -0.05) is 6.92 Å². The van der Waals surface area contributed by atoms with Crippen molar-refractivity contribution in [2.75, 3.05) is 51.3 Å². The van der Waals surface area contributed by atoms with E-state index >= 15 is 0 Å². The fourth-order valence-corrected chi connectivity index (χ4v) is 7.43. The van der Waals surface area contributed by atoms with E-state index < -0.39 is 0 Å². The van der Waals surface area contributed by atoms with Crippen LogP contribution in [0, 0.1) is 23.2 Å². The number of epoxide rings is 1. The minimum Gasteiger partial charge on any atom is -0.497 e. The Morgan fingerprint density at radius 2 is 1.88 bits per heavy atom. The van der Waals surface area contributed by atoms with E-state index in [0.29, 0.717) is 11.8 Å². The first-order chi connectivity index (χ1) is 15.5. The molecule has 0 N–H and O–H groups in total. The van der Waals surface area contributed by atoms with E-state index in [4.69, 9.17) is 14.2 Å². The zero-order valence-corrected chi connectivity index (χ0v) is 19.4. The minimum absolute atomic E-state index is 0.0230. The summed E-state index contributed by atoms with van der Waals surface area (Å²) in [5, 5.41) is 0. The second-order valence-corrected chi connectivity index (χ2v) is 11.1. The van der Waals surface area contributed by atoms with Crippen LogP contribution in [0.15, 0.2) is 24.3 Å². The number of carbonyl (C=O) groups is 1. The number of benzene rings is 1. The number of carbonyl (C=O) groups excluding carboxylic acids is 1. The highest BCUT2D eigenvalue weighted by atomic mass is 16.6. The number of fused-ring (bicyclic) bond motifs is 3. The second-order valence-electron chi connectivity index (χ2n) is 11.1. The van der Waals surface area contributed by atoms with Gasteiger partial charge in [-0.05, 0) is 67.7 Å². The highest BCUT2D eigenvalue weighted by molar-refractivity contribution is 5.75. The van der Waals surface area contributed by atoms with Crippen molar-refractivity contribution < 1.29 is 19.0 Å². The number of piperazine rings is 1. The number of rotatable bonds is 4. The standard InChI is InChI=1S/C26H36N2O4/c1-25-8-3-9-26(17-31-26)23(25)14-20-21(24(29)32-22(20)15-25)16-27-10-12-28(13-11-27)18-4-6-19(30-2)7-5-18/h4-7,20-23H,3,8-17H2,1-2H3/t20-,21?,22-,23?,25-,26+/m1/s1. The number of nitrogens with zero attached hydrogens (tertiary/aromatic N) is 2. The molecule has 1 spiro atoms. The summed E-state index contributed by atoms with van der Waals surface area (Å²) < 4.78 is 17.3. The van der Waals surface area contributed by atoms with Crippen molar-refractivity contribution in [3.63, 3.8) is 0 Å². The molecule has 2 saturated carbocycles. The molecule has 5 aliphatic rings. The summed E-state index contributed by atoms with van der Waals surface area (Å²) in [7, 11) is 1.70. The first kappa shape index (κ1) is 20.8.